The van der Waals surface area contributed by atoms with E-state index in [1.54, 1.807) is 11.9 Å². The number of anilines is 1. The van der Waals surface area contributed by atoms with Crippen molar-refractivity contribution < 1.29 is 18.8 Å². The lowest BCUT2D eigenvalue weighted by Crippen LogP contribution is -2.39. The fraction of sp³-hybridized carbons (Fsp3) is 0.227. The number of amides is 1. The third-order valence-electron chi connectivity index (χ3n) is 5.39. The van der Waals surface area contributed by atoms with E-state index < -0.39 is 12.0 Å². The van der Waals surface area contributed by atoms with Gasteiger partial charge >= 0.3 is 5.97 Å². The lowest BCUT2D eigenvalue weighted by atomic mass is 10.1. The highest BCUT2D eigenvalue weighted by atomic mass is 16.5. The molecule has 3 heterocycles. The molecule has 0 radical (unpaired) electrons. The van der Waals surface area contributed by atoms with Crippen molar-refractivity contribution in [2.24, 2.45) is 0 Å². The van der Waals surface area contributed by atoms with Crippen LogP contribution in [-0.4, -0.2) is 57.1 Å². The molecule has 0 saturated carbocycles. The van der Waals surface area contributed by atoms with Crippen LogP contribution in [0.4, 0.5) is 5.69 Å². The summed E-state index contributed by atoms with van der Waals surface area (Å²) in [5.74, 6) is 0.585. The van der Waals surface area contributed by atoms with E-state index in [1.807, 2.05) is 42.5 Å². The molecular weight excluding hydrogens is 412 g/mol. The number of hydrogen-bond acceptors (Lipinski definition) is 8. The van der Waals surface area contributed by atoms with Crippen molar-refractivity contribution in [2.45, 2.75) is 19.0 Å². The lowest BCUT2D eigenvalue weighted by Gasteiger charge is -2.19. The molecule has 0 aliphatic carbocycles. The van der Waals surface area contributed by atoms with Crippen LogP contribution in [0.1, 0.15) is 12.0 Å². The number of methoxy groups -OCH3 is 1. The topological polar surface area (TPSA) is 126 Å². The molecular formula is C22H20N6O4. The Bertz CT molecular complexity index is 1290. The van der Waals surface area contributed by atoms with Gasteiger partial charge in [-0.25, -0.2) is 4.98 Å². The molecule has 32 heavy (non-hydrogen) atoms. The first kappa shape index (κ1) is 19.7. The van der Waals surface area contributed by atoms with Crippen molar-refractivity contribution in [1.82, 2.24) is 25.0 Å². The predicted octanol–water partition coefficient (Wildman–Crippen LogP) is 2.60. The largest absolute Gasteiger partial charge is 0.469 e. The van der Waals surface area contributed by atoms with Crippen LogP contribution in [0.2, 0.25) is 0 Å². The monoisotopic (exact) mass is 432 g/mol. The summed E-state index contributed by atoms with van der Waals surface area (Å²) >= 11 is 0. The van der Waals surface area contributed by atoms with E-state index in [2.05, 4.69) is 25.4 Å². The Hall–Kier alpha value is -4.21. The van der Waals surface area contributed by atoms with Gasteiger partial charge in [0.1, 0.15) is 6.04 Å². The van der Waals surface area contributed by atoms with Gasteiger partial charge < -0.3 is 24.5 Å². The number of fused-ring (bicyclic) bond motifs is 2. The molecule has 2 aromatic carbocycles. The SMILES string of the molecule is COC(=O)CC1Nc2ccc(-c3nc(-c4nc5ccccc5[nH]4)no3)cc2CN(C)C1=O. The van der Waals surface area contributed by atoms with Crippen molar-refractivity contribution in [2.75, 3.05) is 19.5 Å². The second kappa shape index (κ2) is 7.80. The smallest absolute Gasteiger partial charge is 0.308 e. The van der Waals surface area contributed by atoms with Gasteiger partial charge in [-0.15, -0.1) is 0 Å². The molecule has 1 atom stereocenters. The maximum atomic E-state index is 12.7. The number of aromatic amines is 1. The first-order valence-corrected chi connectivity index (χ1v) is 10.0. The molecule has 1 aliphatic rings. The first-order chi connectivity index (χ1) is 15.5. The molecule has 2 N–H and O–H groups in total. The molecule has 0 spiro atoms. The molecule has 10 heteroatoms. The van der Waals surface area contributed by atoms with Crippen molar-refractivity contribution in [3.8, 4) is 23.1 Å². The quantitative estimate of drug-likeness (QED) is 0.471. The maximum Gasteiger partial charge on any atom is 0.308 e. The average Bonchev–Trinajstić information content (AvgIpc) is 3.43. The molecule has 4 aromatic rings. The van der Waals surface area contributed by atoms with Crippen LogP contribution in [0, 0.1) is 0 Å². The molecule has 10 nitrogen and oxygen atoms in total. The van der Waals surface area contributed by atoms with E-state index in [9.17, 15) is 9.59 Å². The van der Waals surface area contributed by atoms with Crippen LogP contribution in [0.3, 0.4) is 0 Å². The Labute approximate surface area is 182 Å². The number of H-pyrrole nitrogens is 1. The van der Waals surface area contributed by atoms with Crippen LogP contribution >= 0.6 is 0 Å². The number of likely N-dealkylation sites (N-methyl/N-ethyl adjacent to an activating group) is 1. The highest BCUT2D eigenvalue weighted by Gasteiger charge is 2.29. The van der Waals surface area contributed by atoms with Crippen LogP contribution < -0.4 is 5.32 Å². The Balaban J connectivity index is 1.44. The van der Waals surface area contributed by atoms with Gasteiger partial charge in [0.25, 0.3) is 5.89 Å². The number of carbonyl (C=O) groups is 2. The number of nitrogens with zero attached hydrogens (tertiary/aromatic N) is 4. The zero-order chi connectivity index (χ0) is 22.2. The summed E-state index contributed by atoms with van der Waals surface area (Å²) in [7, 11) is 3.00. The van der Waals surface area contributed by atoms with Gasteiger partial charge in [-0.3, -0.25) is 9.59 Å². The van der Waals surface area contributed by atoms with Gasteiger partial charge in [0.2, 0.25) is 11.7 Å². The molecule has 2 aromatic heterocycles. The standard InChI is InChI=1S/C22H20N6O4/c1-28-11-13-9-12(7-8-14(13)23-17(22(28)30)10-18(29)31-2)21-26-20(27-32-21)19-24-15-5-3-4-6-16(15)25-19/h3-9,17,23H,10-11H2,1-2H3,(H,24,25). The van der Waals surface area contributed by atoms with E-state index in [-0.39, 0.29) is 12.3 Å². The highest BCUT2D eigenvalue weighted by Crippen LogP contribution is 2.29. The number of aromatic nitrogens is 4. The third-order valence-corrected chi connectivity index (χ3v) is 5.39. The van der Waals surface area contributed by atoms with Gasteiger partial charge in [-0.1, -0.05) is 17.3 Å². The van der Waals surface area contributed by atoms with Gasteiger partial charge in [0.05, 0.1) is 24.6 Å². The van der Waals surface area contributed by atoms with Crippen molar-refractivity contribution in [3.63, 3.8) is 0 Å². The van der Waals surface area contributed by atoms with E-state index in [0.29, 0.717) is 29.6 Å². The zero-order valence-corrected chi connectivity index (χ0v) is 17.5. The summed E-state index contributed by atoms with van der Waals surface area (Å²) in [6, 6.07) is 12.5. The molecule has 5 rings (SSSR count). The van der Waals surface area contributed by atoms with Crippen LogP contribution in [0.25, 0.3) is 34.1 Å². The highest BCUT2D eigenvalue weighted by molar-refractivity contribution is 5.90. The summed E-state index contributed by atoms with van der Waals surface area (Å²) in [6.45, 7) is 0.372. The van der Waals surface area contributed by atoms with Crippen LogP contribution in [-0.2, 0) is 20.9 Å². The van der Waals surface area contributed by atoms with Gasteiger partial charge in [-0.05, 0) is 35.9 Å². The minimum absolute atomic E-state index is 0.0502. The second-order valence-electron chi connectivity index (χ2n) is 7.57. The number of imidazole rings is 1. The summed E-state index contributed by atoms with van der Waals surface area (Å²) in [5.41, 5.74) is 4.05. The lowest BCUT2D eigenvalue weighted by molar-refractivity contribution is -0.143. The minimum Gasteiger partial charge on any atom is -0.469 e. The van der Waals surface area contributed by atoms with E-state index in [1.165, 1.54) is 7.11 Å². The molecule has 0 bridgehead atoms. The maximum absolute atomic E-state index is 12.7. The number of rotatable bonds is 4. The van der Waals surface area contributed by atoms with E-state index in [0.717, 1.165) is 22.3 Å². The average molecular weight is 432 g/mol. The number of nitrogens with one attached hydrogen (secondary N) is 2. The predicted molar refractivity (Wildman–Crippen MR) is 115 cm³/mol. The molecule has 1 amide bonds. The summed E-state index contributed by atoms with van der Waals surface area (Å²) in [5, 5.41) is 7.21. The number of para-hydroxylation sites is 2. The Morgan fingerprint density at radius 3 is 2.91 bits per heavy atom. The number of carbonyl (C=O) groups excluding carboxylic acids is 2. The zero-order valence-electron chi connectivity index (χ0n) is 17.5. The second-order valence-corrected chi connectivity index (χ2v) is 7.57. The van der Waals surface area contributed by atoms with Crippen molar-refractivity contribution in [1.29, 1.82) is 0 Å². The third kappa shape index (κ3) is 3.55. The fourth-order valence-corrected chi connectivity index (χ4v) is 3.73. The molecule has 0 saturated heterocycles. The summed E-state index contributed by atoms with van der Waals surface area (Å²) < 4.78 is 10.2. The molecule has 1 unspecified atom stereocenters. The van der Waals surface area contributed by atoms with E-state index >= 15 is 0 Å². The van der Waals surface area contributed by atoms with E-state index in [4.69, 9.17) is 9.26 Å². The van der Waals surface area contributed by atoms with Crippen molar-refractivity contribution >= 4 is 28.6 Å². The summed E-state index contributed by atoms with van der Waals surface area (Å²) in [6.07, 6.45) is -0.0502. The summed E-state index contributed by atoms with van der Waals surface area (Å²) in [4.78, 5) is 38.1. The number of hydrogen-bond donors (Lipinski definition) is 2. The fourth-order valence-electron chi connectivity index (χ4n) is 3.73. The normalized spacial score (nSPS) is 15.9. The molecule has 0 fully saturated rings. The minimum atomic E-state index is -0.692. The first-order valence-electron chi connectivity index (χ1n) is 10.0. The Morgan fingerprint density at radius 2 is 2.09 bits per heavy atom. The Morgan fingerprint density at radius 1 is 1.25 bits per heavy atom. The van der Waals surface area contributed by atoms with Gasteiger partial charge in [-0.2, -0.15) is 4.98 Å². The molecule has 1 aliphatic heterocycles. The number of benzene rings is 2. The Kier molecular flexibility index (Phi) is 4.81. The van der Waals surface area contributed by atoms with Crippen molar-refractivity contribution in [3.05, 3.63) is 48.0 Å². The van der Waals surface area contributed by atoms with Gasteiger partial charge in [0, 0.05) is 24.8 Å². The molecule has 162 valence electrons. The number of esters is 1. The number of ether oxygens (including phenoxy) is 1. The van der Waals surface area contributed by atoms with Crippen LogP contribution in [0.5, 0.6) is 0 Å². The van der Waals surface area contributed by atoms with Crippen LogP contribution in [0.15, 0.2) is 47.0 Å². The van der Waals surface area contributed by atoms with Gasteiger partial charge in [0.15, 0.2) is 5.82 Å².